The molecule has 0 amide bonds. The van der Waals surface area contributed by atoms with Crippen molar-refractivity contribution in [3.05, 3.63) is 95.7 Å². The molecule has 0 radical (unpaired) electrons. The molecule has 4 heterocycles. The number of hydrogen-bond donors (Lipinski definition) is 0. The minimum atomic E-state index is 0.200. The summed E-state index contributed by atoms with van der Waals surface area (Å²) in [6, 6.07) is 16.7. The highest BCUT2D eigenvalue weighted by Gasteiger charge is 2.27. The molecule has 0 unspecified atom stereocenters. The van der Waals surface area contributed by atoms with E-state index in [2.05, 4.69) is 61.1 Å². The molecule has 4 aromatic rings. The smallest absolute Gasteiger partial charge is 0.0737 e. The third kappa shape index (κ3) is 3.74. The Morgan fingerprint density at radius 3 is 2.00 bits per heavy atom. The molecule has 0 aliphatic carbocycles. The van der Waals surface area contributed by atoms with Crippen molar-refractivity contribution in [2.24, 2.45) is 0 Å². The first-order valence-corrected chi connectivity index (χ1v) is 10.5. The molecular formula is C24H22ClN5. The summed E-state index contributed by atoms with van der Waals surface area (Å²) in [5.41, 5.74) is 4.68. The molecule has 1 aliphatic rings. The number of piperazine rings is 1. The fraction of sp³-hybridized carbons (Fsp3) is 0.208. The van der Waals surface area contributed by atoms with Gasteiger partial charge in [0, 0.05) is 73.3 Å². The van der Waals surface area contributed by atoms with Crippen LogP contribution in [-0.2, 0) is 0 Å². The summed E-state index contributed by atoms with van der Waals surface area (Å²) in [6.07, 6.45) is 9.35. The minimum absolute atomic E-state index is 0.200. The van der Waals surface area contributed by atoms with Crippen LogP contribution in [0, 0.1) is 0 Å². The SMILES string of the molecule is Clc1ccc2c(N3CCN(C(c4ccncc4)c4ccncc4)CC3)ccnc2c1. The predicted molar refractivity (Wildman–Crippen MR) is 121 cm³/mol. The zero-order valence-corrected chi connectivity index (χ0v) is 17.3. The lowest BCUT2D eigenvalue weighted by Crippen LogP contribution is -2.48. The van der Waals surface area contributed by atoms with Crippen LogP contribution in [0.5, 0.6) is 0 Å². The molecule has 1 aromatic carbocycles. The number of anilines is 1. The summed E-state index contributed by atoms with van der Waals surface area (Å²) in [4.78, 5) is 17.9. The van der Waals surface area contributed by atoms with Crippen LogP contribution in [0.1, 0.15) is 17.2 Å². The molecule has 0 atom stereocenters. The van der Waals surface area contributed by atoms with E-state index in [1.165, 1.54) is 16.8 Å². The van der Waals surface area contributed by atoms with Crippen molar-refractivity contribution in [2.45, 2.75) is 6.04 Å². The van der Waals surface area contributed by atoms with Crippen LogP contribution in [0.15, 0.2) is 79.5 Å². The molecule has 3 aromatic heterocycles. The lowest BCUT2D eigenvalue weighted by atomic mass is 9.98. The van der Waals surface area contributed by atoms with Crippen molar-refractivity contribution in [3.63, 3.8) is 0 Å². The van der Waals surface area contributed by atoms with Crippen molar-refractivity contribution in [3.8, 4) is 0 Å². The second kappa shape index (κ2) is 8.38. The number of aromatic nitrogens is 3. The van der Waals surface area contributed by atoms with E-state index in [0.717, 1.165) is 42.1 Å². The van der Waals surface area contributed by atoms with Crippen molar-refractivity contribution >= 4 is 28.2 Å². The predicted octanol–water partition coefficient (Wildman–Crippen LogP) is 4.59. The van der Waals surface area contributed by atoms with Gasteiger partial charge < -0.3 is 4.90 Å². The first kappa shape index (κ1) is 19.0. The Kier molecular flexibility index (Phi) is 5.30. The maximum Gasteiger partial charge on any atom is 0.0737 e. The third-order valence-electron chi connectivity index (χ3n) is 5.75. The first-order valence-electron chi connectivity index (χ1n) is 10.1. The highest BCUT2D eigenvalue weighted by atomic mass is 35.5. The lowest BCUT2D eigenvalue weighted by Gasteiger charge is -2.40. The third-order valence-corrected chi connectivity index (χ3v) is 5.98. The van der Waals surface area contributed by atoms with Gasteiger partial charge in [0.15, 0.2) is 0 Å². The standard InChI is InChI=1S/C24H22ClN5/c25-20-1-2-21-22(17-20)28-12-7-23(21)29-13-15-30(16-14-29)24(18-3-8-26-9-4-18)19-5-10-27-11-6-19/h1-12,17,24H,13-16H2. The summed E-state index contributed by atoms with van der Waals surface area (Å²) >= 11 is 6.16. The molecule has 150 valence electrons. The van der Waals surface area contributed by atoms with Crippen LogP contribution >= 0.6 is 11.6 Å². The van der Waals surface area contributed by atoms with Crippen LogP contribution in [0.25, 0.3) is 10.9 Å². The fourth-order valence-corrected chi connectivity index (χ4v) is 4.47. The van der Waals surface area contributed by atoms with E-state index in [1.807, 2.05) is 43.1 Å². The quantitative estimate of drug-likeness (QED) is 0.487. The summed E-state index contributed by atoms with van der Waals surface area (Å²) < 4.78 is 0. The van der Waals surface area contributed by atoms with E-state index < -0.39 is 0 Å². The van der Waals surface area contributed by atoms with Gasteiger partial charge in [-0.15, -0.1) is 0 Å². The van der Waals surface area contributed by atoms with E-state index in [-0.39, 0.29) is 6.04 Å². The maximum atomic E-state index is 6.16. The van der Waals surface area contributed by atoms with Gasteiger partial charge in [0.25, 0.3) is 0 Å². The largest absolute Gasteiger partial charge is 0.368 e. The van der Waals surface area contributed by atoms with E-state index in [1.54, 1.807) is 0 Å². The zero-order chi connectivity index (χ0) is 20.3. The molecule has 0 saturated carbocycles. The van der Waals surface area contributed by atoms with E-state index in [9.17, 15) is 0 Å². The molecular weight excluding hydrogens is 394 g/mol. The lowest BCUT2D eigenvalue weighted by molar-refractivity contribution is 0.212. The molecule has 5 nitrogen and oxygen atoms in total. The number of benzene rings is 1. The number of hydrogen-bond acceptors (Lipinski definition) is 5. The van der Waals surface area contributed by atoms with E-state index in [4.69, 9.17) is 11.6 Å². The molecule has 0 spiro atoms. The average molecular weight is 416 g/mol. The molecule has 0 bridgehead atoms. The van der Waals surface area contributed by atoms with Gasteiger partial charge in [-0.1, -0.05) is 11.6 Å². The molecule has 5 rings (SSSR count). The van der Waals surface area contributed by atoms with Gasteiger partial charge in [-0.25, -0.2) is 0 Å². The van der Waals surface area contributed by atoms with Crippen LogP contribution in [-0.4, -0.2) is 46.0 Å². The van der Waals surface area contributed by atoms with Crippen LogP contribution in [0.4, 0.5) is 5.69 Å². The van der Waals surface area contributed by atoms with Gasteiger partial charge in [0.05, 0.1) is 11.6 Å². The Hall–Kier alpha value is -3.02. The van der Waals surface area contributed by atoms with Crippen molar-refractivity contribution < 1.29 is 0 Å². The van der Waals surface area contributed by atoms with Crippen molar-refractivity contribution in [1.29, 1.82) is 0 Å². The van der Waals surface area contributed by atoms with Crippen LogP contribution < -0.4 is 4.90 Å². The summed E-state index contributed by atoms with van der Waals surface area (Å²) in [5, 5.41) is 1.87. The van der Waals surface area contributed by atoms with Crippen LogP contribution in [0.2, 0.25) is 5.02 Å². The second-order valence-electron chi connectivity index (χ2n) is 7.48. The molecule has 6 heteroatoms. The topological polar surface area (TPSA) is 45.2 Å². The van der Waals surface area contributed by atoms with Gasteiger partial charge in [0.1, 0.15) is 0 Å². The summed E-state index contributed by atoms with van der Waals surface area (Å²) in [7, 11) is 0. The Bertz CT molecular complexity index is 1090. The highest BCUT2D eigenvalue weighted by Crippen LogP contribution is 2.32. The number of rotatable bonds is 4. The van der Waals surface area contributed by atoms with Gasteiger partial charge in [-0.05, 0) is 59.7 Å². The molecule has 1 aliphatic heterocycles. The van der Waals surface area contributed by atoms with E-state index >= 15 is 0 Å². The van der Waals surface area contributed by atoms with Gasteiger partial charge >= 0.3 is 0 Å². The summed E-state index contributed by atoms with van der Waals surface area (Å²) in [6.45, 7) is 3.84. The number of fused-ring (bicyclic) bond motifs is 1. The number of pyridine rings is 3. The minimum Gasteiger partial charge on any atom is -0.368 e. The normalized spacial score (nSPS) is 15.1. The highest BCUT2D eigenvalue weighted by molar-refractivity contribution is 6.31. The number of halogens is 1. The Labute approximate surface area is 181 Å². The first-order chi connectivity index (χ1) is 14.8. The molecule has 1 saturated heterocycles. The van der Waals surface area contributed by atoms with Gasteiger partial charge in [0.2, 0.25) is 0 Å². The zero-order valence-electron chi connectivity index (χ0n) is 16.5. The Balaban J connectivity index is 1.41. The monoisotopic (exact) mass is 415 g/mol. The molecule has 1 fully saturated rings. The van der Waals surface area contributed by atoms with Crippen molar-refractivity contribution in [1.82, 2.24) is 19.9 Å². The Morgan fingerprint density at radius 2 is 1.37 bits per heavy atom. The van der Waals surface area contributed by atoms with Gasteiger partial charge in [-0.3, -0.25) is 19.9 Å². The average Bonchev–Trinajstić information content (AvgIpc) is 2.81. The van der Waals surface area contributed by atoms with E-state index in [0.29, 0.717) is 0 Å². The fourth-order valence-electron chi connectivity index (χ4n) is 4.31. The maximum absolute atomic E-state index is 6.16. The molecule has 30 heavy (non-hydrogen) atoms. The Morgan fingerprint density at radius 1 is 0.733 bits per heavy atom. The van der Waals surface area contributed by atoms with Crippen LogP contribution in [0.3, 0.4) is 0 Å². The summed E-state index contributed by atoms with van der Waals surface area (Å²) in [5.74, 6) is 0. The second-order valence-corrected chi connectivity index (χ2v) is 7.91. The van der Waals surface area contributed by atoms with Gasteiger partial charge in [-0.2, -0.15) is 0 Å². The molecule has 0 N–H and O–H groups in total. The van der Waals surface area contributed by atoms with Crippen molar-refractivity contribution in [2.75, 3.05) is 31.1 Å². The number of nitrogens with zero attached hydrogens (tertiary/aromatic N) is 5.